The lowest BCUT2D eigenvalue weighted by Crippen LogP contribution is -2.11. The first-order chi connectivity index (χ1) is 12.5. The summed E-state index contributed by atoms with van der Waals surface area (Å²) in [5, 5.41) is 8.97. The predicted molar refractivity (Wildman–Crippen MR) is 95.5 cm³/mol. The minimum Gasteiger partial charge on any atom is -0.457 e. The Morgan fingerprint density at radius 3 is 2.04 bits per heavy atom. The van der Waals surface area contributed by atoms with E-state index in [2.05, 4.69) is 4.98 Å². The van der Waals surface area contributed by atoms with Gasteiger partial charge in [-0.15, -0.1) is 0 Å². The number of hydrogen-bond acceptors (Lipinski definition) is 5. The summed E-state index contributed by atoms with van der Waals surface area (Å²) in [5.41, 5.74) is 5.94. The van der Waals surface area contributed by atoms with Gasteiger partial charge in [0.2, 0.25) is 11.8 Å². The van der Waals surface area contributed by atoms with E-state index < -0.39 is 5.91 Å². The highest BCUT2D eigenvalue weighted by Crippen LogP contribution is 2.30. The van der Waals surface area contributed by atoms with E-state index in [1.807, 2.05) is 6.07 Å². The molecule has 0 spiro atoms. The van der Waals surface area contributed by atoms with E-state index in [0.717, 1.165) is 0 Å². The summed E-state index contributed by atoms with van der Waals surface area (Å²) < 4.78 is 11.3. The molecule has 128 valence electrons. The van der Waals surface area contributed by atoms with Gasteiger partial charge in [0.15, 0.2) is 0 Å². The SMILES string of the molecule is N#Cc1ccc(Oc2ccc(Oc3ncc(C(N)=O)cc3Cl)cc2)cc1. The molecular formula is C19H12ClN3O3. The number of halogens is 1. The van der Waals surface area contributed by atoms with E-state index in [9.17, 15) is 4.79 Å². The lowest BCUT2D eigenvalue weighted by Gasteiger charge is -2.09. The van der Waals surface area contributed by atoms with Crippen molar-refractivity contribution in [2.75, 3.05) is 0 Å². The molecule has 0 aliphatic rings. The summed E-state index contributed by atoms with van der Waals surface area (Å²) in [5.74, 6) is 1.26. The van der Waals surface area contributed by atoms with E-state index in [0.29, 0.717) is 22.8 Å². The van der Waals surface area contributed by atoms with Crippen molar-refractivity contribution >= 4 is 17.5 Å². The molecule has 26 heavy (non-hydrogen) atoms. The zero-order chi connectivity index (χ0) is 18.5. The standard InChI is InChI=1S/C19H12ClN3O3/c20-17-9-13(18(22)24)11-23-19(17)26-16-7-5-15(6-8-16)25-14-3-1-12(10-21)2-4-14/h1-9,11H,(H2,22,24). The molecule has 0 bridgehead atoms. The van der Waals surface area contributed by atoms with Crippen LogP contribution in [0.4, 0.5) is 0 Å². The quantitative estimate of drug-likeness (QED) is 0.727. The third-order valence-electron chi connectivity index (χ3n) is 3.35. The molecule has 0 saturated heterocycles. The molecule has 2 aromatic carbocycles. The summed E-state index contributed by atoms with van der Waals surface area (Å²) in [4.78, 5) is 15.1. The molecule has 1 aromatic heterocycles. The van der Waals surface area contributed by atoms with E-state index >= 15 is 0 Å². The lowest BCUT2D eigenvalue weighted by molar-refractivity contribution is 0.1000. The van der Waals surface area contributed by atoms with Crippen LogP contribution in [0.5, 0.6) is 23.1 Å². The molecule has 0 atom stereocenters. The van der Waals surface area contributed by atoms with Crippen LogP contribution in [0.1, 0.15) is 15.9 Å². The fourth-order valence-corrected chi connectivity index (χ4v) is 2.26. The van der Waals surface area contributed by atoms with Crippen LogP contribution in [0.25, 0.3) is 0 Å². The second-order valence-electron chi connectivity index (χ2n) is 5.19. The summed E-state index contributed by atoms with van der Waals surface area (Å²) in [7, 11) is 0. The van der Waals surface area contributed by atoms with Crippen LogP contribution in [0.3, 0.4) is 0 Å². The Morgan fingerprint density at radius 1 is 1.00 bits per heavy atom. The topological polar surface area (TPSA) is 98.2 Å². The Labute approximate surface area is 154 Å². The first-order valence-corrected chi connectivity index (χ1v) is 7.84. The monoisotopic (exact) mass is 365 g/mol. The van der Waals surface area contributed by atoms with E-state index in [4.69, 9.17) is 32.1 Å². The fraction of sp³-hybridized carbons (Fsp3) is 0. The van der Waals surface area contributed by atoms with Crippen molar-refractivity contribution in [2.45, 2.75) is 0 Å². The molecule has 1 amide bonds. The Balaban J connectivity index is 1.69. The van der Waals surface area contributed by atoms with Gasteiger partial charge in [0.25, 0.3) is 0 Å². The summed E-state index contributed by atoms with van der Waals surface area (Å²) in [6, 6.07) is 17.1. The van der Waals surface area contributed by atoms with Gasteiger partial charge in [-0.3, -0.25) is 4.79 Å². The number of carbonyl (C=O) groups excluding carboxylic acids is 1. The van der Waals surface area contributed by atoms with Gasteiger partial charge in [0.1, 0.15) is 22.3 Å². The van der Waals surface area contributed by atoms with Gasteiger partial charge in [-0.1, -0.05) is 11.6 Å². The molecule has 0 fully saturated rings. The molecule has 0 saturated carbocycles. The number of amides is 1. The molecule has 3 rings (SSSR count). The Kier molecular flexibility index (Phi) is 5.02. The predicted octanol–water partition coefficient (Wildman–Crippen LogP) is 4.29. The van der Waals surface area contributed by atoms with E-state index in [1.165, 1.54) is 12.3 Å². The van der Waals surface area contributed by atoms with Crippen LogP contribution in [0.2, 0.25) is 5.02 Å². The normalized spacial score (nSPS) is 10.0. The smallest absolute Gasteiger partial charge is 0.250 e. The first-order valence-electron chi connectivity index (χ1n) is 7.46. The highest BCUT2D eigenvalue weighted by atomic mass is 35.5. The van der Waals surface area contributed by atoms with E-state index in [1.54, 1.807) is 48.5 Å². The Bertz CT molecular complexity index is 980. The largest absolute Gasteiger partial charge is 0.457 e. The molecule has 1 heterocycles. The van der Waals surface area contributed by atoms with Crippen LogP contribution in [0, 0.1) is 11.3 Å². The summed E-state index contributed by atoms with van der Waals surface area (Å²) in [6.07, 6.45) is 1.30. The summed E-state index contributed by atoms with van der Waals surface area (Å²) >= 11 is 6.04. The number of aromatic nitrogens is 1. The average molecular weight is 366 g/mol. The number of nitrogens with two attached hydrogens (primary N) is 1. The maximum atomic E-state index is 11.1. The molecule has 2 N–H and O–H groups in total. The van der Waals surface area contributed by atoms with Crippen molar-refractivity contribution in [3.05, 3.63) is 76.9 Å². The maximum Gasteiger partial charge on any atom is 0.250 e. The minimum absolute atomic E-state index is 0.164. The number of ether oxygens (including phenoxy) is 2. The third-order valence-corrected chi connectivity index (χ3v) is 3.62. The van der Waals surface area contributed by atoms with Gasteiger partial charge in [-0.25, -0.2) is 4.98 Å². The van der Waals surface area contributed by atoms with Crippen LogP contribution >= 0.6 is 11.6 Å². The van der Waals surface area contributed by atoms with Gasteiger partial charge in [-0.2, -0.15) is 5.26 Å². The highest BCUT2D eigenvalue weighted by molar-refractivity contribution is 6.32. The van der Waals surface area contributed by atoms with Gasteiger partial charge in [-0.05, 0) is 54.6 Å². The van der Waals surface area contributed by atoms with Crippen molar-refractivity contribution in [3.8, 4) is 29.2 Å². The van der Waals surface area contributed by atoms with Crippen molar-refractivity contribution < 1.29 is 14.3 Å². The molecule has 0 aliphatic heterocycles. The summed E-state index contributed by atoms with van der Waals surface area (Å²) in [6.45, 7) is 0. The molecular weight excluding hydrogens is 354 g/mol. The van der Waals surface area contributed by atoms with E-state index in [-0.39, 0.29) is 16.5 Å². The number of nitriles is 1. The van der Waals surface area contributed by atoms with Crippen molar-refractivity contribution in [3.63, 3.8) is 0 Å². The molecule has 6 nitrogen and oxygen atoms in total. The van der Waals surface area contributed by atoms with Gasteiger partial charge >= 0.3 is 0 Å². The zero-order valence-electron chi connectivity index (χ0n) is 13.3. The Hall–Kier alpha value is -3.56. The van der Waals surface area contributed by atoms with Crippen molar-refractivity contribution in [1.29, 1.82) is 5.26 Å². The van der Waals surface area contributed by atoms with Crippen LogP contribution in [-0.4, -0.2) is 10.9 Å². The van der Waals surface area contributed by atoms with Gasteiger partial charge in [0.05, 0.1) is 17.2 Å². The average Bonchev–Trinajstić information content (AvgIpc) is 2.65. The molecule has 0 radical (unpaired) electrons. The number of primary amides is 1. The number of pyridine rings is 1. The highest BCUT2D eigenvalue weighted by Gasteiger charge is 2.09. The second kappa shape index (κ2) is 7.55. The third kappa shape index (κ3) is 4.09. The zero-order valence-corrected chi connectivity index (χ0v) is 14.1. The van der Waals surface area contributed by atoms with Crippen molar-refractivity contribution in [1.82, 2.24) is 4.98 Å². The van der Waals surface area contributed by atoms with Crippen LogP contribution in [-0.2, 0) is 0 Å². The number of rotatable bonds is 5. The number of carbonyl (C=O) groups is 1. The molecule has 0 aliphatic carbocycles. The van der Waals surface area contributed by atoms with Crippen molar-refractivity contribution in [2.24, 2.45) is 5.73 Å². The molecule has 7 heteroatoms. The number of nitrogens with zero attached hydrogens (tertiary/aromatic N) is 2. The maximum absolute atomic E-state index is 11.1. The lowest BCUT2D eigenvalue weighted by atomic mass is 10.2. The van der Waals surface area contributed by atoms with Gasteiger partial charge < -0.3 is 15.2 Å². The minimum atomic E-state index is -0.616. The molecule has 3 aromatic rings. The van der Waals surface area contributed by atoms with Crippen LogP contribution < -0.4 is 15.2 Å². The number of hydrogen-bond donors (Lipinski definition) is 1. The van der Waals surface area contributed by atoms with Crippen LogP contribution in [0.15, 0.2) is 60.8 Å². The van der Waals surface area contributed by atoms with Gasteiger partial charge in [0, 0.05) is 6.20 Å². The fourth-order valence-electron chi connectivity index (χ4n) is 2.06. The number of benzene rings is 2. The molecule has 0 unspecified atom stereocenters. The Morgan fingerprint density at radius 2 is 1.54 bits per heavy atom. The first kappa shape index (κ1) is 17.3. The second-order valence-corrected chi connectivity index (χ2v) is 5.59.